The minimum Gasteiger partial charge on any atom is -0.330 e. The number of hydrogen-bond donors (Lipinski definition) is 1. The minimum atomic E-state index is 0.560. The van der Waals surface area contributed by atoms with Gasteiger partial charge in [0.15, 0.2) is 4.34 Å². The molecule has 0 saturated heterocycles. The Hall–Kier alpha value is -1.07. The van der Waals surface area contributed by atoms with Crippen LogP contribution in [0.3, 0.4) is 0 Å². The van der Waals surface area contributed by atoms with Crippen molar-refractivity contribution in [1.29, 1.82) is 0 Å². The molecule has 20 heavy (non-hydrogen) atoms. The van der Waals surface area contributed by atoms with Crippen LogP contribution in [0.2, 0.25) is 0 Å². The molecule has 108 valence electrons. The van der Waals surface area contributed by atoms with E-state index in [9.17, 15) is 0 Å². The van der Waals surface area contributed by atoms with Gasteiger partial charge in [-0.15, -0.1) is 10.2 Å². The number of aromatic nitrogens is 2. The van der Waals surface area contributed by atoms with E-state index in [-0.39, 0.29) is 0 Å². The van der Waals surface area contributed by atoms with Crippen molar-refractivity contribution in [1.82, 2.24) is 10.2 Å². The van der Waals surface area contributed by atoms with Crippen molar-refractivity contribution in [3.63, 3.8) is 0 Å². The van der Waals surface area contributed by atoms with E-state index in [2.05, 4.69) is 67.5 Å². The van der Waals surface area contributed by atoms with Gasteiger partial charge in [0.1, 0.15) is 0 Å². The smallest absolute Gasteiger partial charge is 0.210 e. The minimum absolute atomic E-state index is 0.560. The van der Waals surface area contributed by atoms with Crippen LogP contribution in [-0.2, 0) is 0 Å². The fourth-order valence-corrected chi connectivity index (χ4v) is 3.38. The van der Waals surface area contributed by atoms with Crippen LogP contribution in [0.25, 0.3) is 0 Å². The molecule has 0 aliphatic heterocycles. The highest BCUT2D eigenvalue weighted by Gasteiger charge is 2.06. The lowest BCUT2D eigenvalue weighted by atomic mass is 10.0. The number of nitrogens with zero attached hydrogens (tertiary/aromatic N) is 2. The summed E-state index contributed by atoms with van der Waals surface area (Å²) < 4.78 is 1.03. The van der Waals surface area contributed by atoms with E-state index in [1.54, 1.807) is 23.1 Å². The van der Waals surface area contributed by atoms with E-state index in [1.165, 1.54) is 5.56 Å². The molecule has 1 aromatic carbocycles. The van der Waals surface area contributed by atoms with Crippen molar-refractivity contribution in [2.24, 2.45) is 5.92 Å². The molecule has 2 rings (SSSR count). The van der Waals surface area contributed by atoms with Gasteiger partial charge in [-0.05, 0) is 29.5 Å². The predicted octanol–water partition coefficient (Wildman–Crippen LogP) is 5.15. The summed E-state index contributed by atoms with van der Waals surface area (Å²) >= 11 is 3.38. The zero-order valence-corrected chi connectivity index (χ0v) is 14.0. The van der Waals surface area contributed by atoms with Crippen molar-refractivity contribution in [3.8, 4) is 0 Å². The van der Waals surface area contributed by atoms with E-state index in [1.807, 2.05) is 0 Å². The standard InChI is InChI=1S/C15H21N3S2/c1-10(2)9-19-15-18-17-14(20-15)16-13-7-5-12(6-8-13)11(3)4/h5-8,10-11H,9H2,1-4H3,(H,16,17). The van der Waals surface area contributed by atoms with E-state index in [4.69, 9.17) is 0 Å². The molecule has 0 aliphatic rings. The first-order valence-electron chi connectivity index (χ1n) is 6.88. The largest absolute Gasteiger partial charge is 0.330 e. The van der Waals surface area contributed by atoms with Crippen LogP contribution in [0.5, 0.6) is 0 Å². The van der Waals surface area contributed by atoms with E-state index in [0.717, 1.165) is 20.9 Å². The summed E-state index contributed by atoms with van der Waals surface area (Å²) in [5.74, 6) is 2.31. The molecular weight excluding hydrogens is 286 g/mol. The predicted molar refractivity (Wildman–Crippen MR) is 89.3 cm³/mol. The number of hydrogen-bond acceptors (Lipinski definition) is 5. The number of benzene rings is 1. The summed E-state index contributed by atoms with van der Waals surface area (Å²) in [5.41, 5.74) is 2.41. The Morgan fingerprint density at radius 3 is 2.40 bits per heavy atom. The Bertz CT molecular complexity index is 532. The SMILES string of the molecule is CC(C)CSc1nnc(Nc2ccc(C(C)C)cc2)s1. The van der Waals surface area contributed by atoms with Gasteiger partial charge >= 0.3 is 0 Å². The summed E-state index contributed by atoms with van der Waals surface area (Å²) in [7, 11) is 0. The maximum Gasteiger partial charge on any atom is 0.210 e. The van der Waals surface area contributed by atoms with Crippen LogP contribution in [0, 0.1) is 5.92 Å². The molecule has 0 unspecified atom stereocenters. The molecule has 1 heterocycles. The normalized spacial score (nSPS) is 11.3. The highest BCUT2D eigenvalue weighted by atomic mass is 32.2. The molecule has 0 bridgehead atoms. The van der Waals surface area contributed by atoms with Crippen LogP contribution in [0.1, 0.15) is 39.2 Å². The average molecular weight is 307 g/mol. The van der Waals surface area contributed by atoms with Gasteiger partial charge in [-0.1, -0.05) is 62.9 Å². The number of anilines is 2. The van der Waals surface area contributed by atoms with Crippen molar-refractivity contribution < 1.29 is 0 Å². The zero-order valence-electron chi connectivity index (χ0n) is 12.4. The summed E-state index contributed by atoms with van der Waals surface area (Å²) in [6.07, 6.45) is 0. The second-order valence-electron chi connectivity index (χ2n) is 5.48. The lowest BCUT2D eigenvalue weighted by Crippen LogP contribution is -1.91. The Morgan fingerprint density at radius 1 is 1.10 bits per heavy atom. The Kier molecular flexibility index (Phi) is 5.43. The summed E-state index contributed by atoms with van der Waals surface area (Å²) in [5, 5.41) is 12.5. The van der Waals surface area contributed by atoms with Gasteiger partial charge in [-0.2, -0.15) is 0 Å². The second-order valence-corrected chi connectivity index (χ2v) is 7.72. The summed E-state index contributed by atoms with van der Waals surface area (Å²) in [4.78, 5) is 0. The molecule has 0 spiro atoms. The van der Waals surface area contributed by atoms with Crippen LogP contribution in [0.15, 0.2) is 28.6 Å². The van der Waals surface area contributed by atoms with Crippen molar-refractivity contribution in [3.05, 3.63) is 29.8 Å². The van der Waals surface area contributed by atoms with Crippen LogP contribution >= 0.6 is 23.1 Å². The van der Waals surface area contributed by atoms with Gasteiger partial charge < -0.3 is 5.32 Å². The fraction of sp³-hybridized carbons (Fsp3) is 0.467. The summed E-state index contributed by atoms with van der Waals surface area (Å²) in [6.45, 7) is 8.82. The molecule has 1 aromatic heterocycles. The second kappa shape index (κ2) is 7.09. The molecule has 0 saturated carbocycles. The molecule has 0 atom stereocenters. The van der Waals surface area contributed by atoms with Crippen LogP contribution < -0.4 is 5.32 Å². The quantitative estimate of drug-likeness (QED) is 0.749. The third kappa shape index (κ3) is 4.49. The van der Waals surface area contributed by atoms with E-state index < -0.39 is 0 Å². The Labute approximate surface area is 129 Å². The van der Waals surface area contributed by atoms with Crippen molar-refractivity contribution >= 4 is 33.9 Å². The molecular formula is C15H21N3S2. The maximum absolute atomic E-state index is 4.20. The molecule has 0 aliphatic carbocycles. The van der Waals surface area contributed by atoms with Crippen molar-refractivity contribution in [2.45, 2.75) is 38.0 Å². The first kappa shape index (κ1) is 15.3. The molecule has 1 N–H and O–H groups in total. The topological polar surface area (TPSA) is 37.8 Å². The Morgan fingerprint density at radius 2 is 1.80 bits per heavy atom. The molecule has 5 heteroatoms. The lowest BCUT2D eigenvalue weighted by molar-refractivity contribution is 0.749. The molecule has 0 fully saturated rings. The zero-order chi connectivity index (χ0) is 14.5. The maximum atomic E-state index is 4.20. The molecule has 2 aromatic rings. The van der Waals surface area contributed by atoms with Gasteiger partial charge in [0.25, 0.3) is 0 Å². The van der Waals surface area contributed by atoms with E-state index in [0.29, 0.717) is 11.8 Å². The number of nitrogens with one attached hydrogen (secondary N) is 1. The summed E-state index contributed by atoms with van der Waals surface area (Å²) in [6, 6.07) is 8.50. The van der Waals surface area contributed by atoms with Gasteiger partial charge in [0, 0.05) is 11.4 Å². The highest BCUT2D eigenvalue weighted by Crippen LogP contribution is 2.29. The van der Waals surface area contributed by atoms with E-state index >= 15 is 0 Å². The van der Waals surface area contributed by atoms with Crippen LogP contribution in [-0.4, -0.2) is 16.0 Å². The fourth-order valence-electron chi connectivity index (χ4n) is 1.63. The van der Waals surface area contributed by atoms with Gasteiger partial charge in [0.2, 0.25) is 5.13 Å². The third-order valence-corrected chi connectivity index (χ3v) is 5.17. The Balaban J connectivity index is 1.96. The van der Waals surface area contributed by atoms with Gasteiger partial charge in [-0.3, -0.25) is 0 Å². The average Bonchev–Trinajstić information content (AvgIpc) is 2.84. The first-order chi connectivity index (χ1) is 9.54. The monoisotopic (exact) mass is 307 g/mol. The highest BCUT2D eigenvalue weighted by molar-refractivity contribution is 8.01. The lowest BCUT2D eigenvalue weighted by Gasteiger charge is -2.06. The third-order valence-electron chi connectivity index (χ3n) is 2.78. The molecule has 0 radical (unpaired) electrons. The number of rotatable bonds is 6. The first-order valence-corrected chi connectivity index (χ1v) is 8.68. The molecule has 3 nitrogen and oxygen atoms in total. The van der Waals surface area contributed by atoms with Gasteiger partial charge in [-0.25, -0.2) is 0 Å². The van der Waals surface area contributed by atoms with Gasteiger partial charge in [0.05, 0.1) is 0 Å². The van der Waals surface area contributed by atoms with Crippen LogP contribution in [0.4, 0.5) is 10.8 Å². The number of thioether (sulfide) groups is 1. The molecule has 0 amide bonds. The van der Waals surface area contributed by atoms with Crippen molar-refractivity contribution in [2.75, 3.05) is 11.1 Å².